The second-order valence-electron chi connectivity index (χ2n) is 7.26. The van der Waals surface area contributed by atoms with E-state index in [2.05, 4.69) is 10.5 Å². The van der Waals surface area contributed by atoms with Crippen molar-refractivity contribution in [2.75, 3.05) is 39.3 Å². The number of nitrogens with one attached hydrogen (secondary N) is 1. The third kappa shape index (κ3) is 6.05. The van der Waals surface area contributed by atoms with Gasteiger partial charge in [-0.1, -0.05) is 12.1 Å². The van der Waals surface area contributed by atoms with Crippen LogP contribution in [0.2, 0.25) is 0 Å². The van der Waals surface area contributed by atoms with Crippen LogP contribution in [0.3, 0.4) is 0 Å². The van der Waals surface area contributed by atoms with Crippen LogP contribution < -0.4 is 28.7 Å². The predicted molar refractivity (Wildman–Crippen MR) is 136 cm³/mol. The minimum absolute atomic E-state index is 0.0821. The molecule has 0 aliphatic heterocycles. The summed E-state index contributed by atoms with van der Waals surface area (Å²) < 4.78 is 49.1. The van der Waals surface area contributed by atoms with Gasteiger partial charge in [0.25, 0.3) is 15.9 Å². The molecule has 0 aliphatic rings. The Morgan fingerprint density at radius 3 is 2.17 bits per heavy atom. The summed E-state index contributed by atoms with van der Waals surface area (Å²) in [5.74, 6) is 1.07. The first-order valence-corrected chi connectivity index (χ1v) is 12.1. The number of hydrogen-bond acceptors (Lipinski definition) is 8. The Kier molecular flexibility index (Phi) is 8.74. The SMILES string of the molecule is COc1ccc(N(CC(=O)N/N=C\c2ccccc2OC)S(=O)(=O)c2ccc(OC)c(OC)c2)cc1. The average Bonchev–Trinajstić information content (AvgIpc) is 2.91. The van der Waals surface area contributed by atoms with Gasteiger partial charge in [0.1, 0.15) is 18.0 Å². The molecule has 0 radical (unpaired) electrons. The predicted octanol–water partition coefficient (Wildman–Crippen LogP) is 3.07. The normalized spacial score (nSPS) is 11.1. The van der Waals surface area contributed by atoms with Crippen molar-refractivity contribution in [3.63, 3.8) is 0 Å². The molecule has 0 aromatic heterocycles. The van der Waals surface area contributed by atoms with Gasteiger partial charge >= 0.3 is 0 Å². The lowest BCUT2D eigenvalue weighted by molar-refractivity contribution is -0.119. The number of methoxy groups -OCH3 is 4. The summed E-state index contributed by atoms with van der Waals surface area (Å²) in [4.78, 5) is 12.7. The number of benzene rings is 3. The molecule has 0 saturated heterocycles. The first-order chi connectivity index (χ1) is 17.3. The zero-order valence-corrected chi connectivity index (χ0v) is 21.1. The summed E-state index contributed by atoms with van der Waals surface area (Å²) in [5.41, 5.74) is 3.27. The standard InChI is InChI=1S/C25H27N3O7S/c1-32-20-11-9-19(10-12-20)28(36(30,31)21-13-14-23(34-3)24(15-21)35-4)17-25(29)27-26-16-18-7-5-6-8-22(18)33-2/h5-16H,17H2,1-4H3,(H,27,29)/b26-16-. The number of rotatable bonds is 11. The molecule has 3 rings (SSSR count). The maximum atomic E-state index is 13.6. The number of sulfonamides is 1. The van der Waals surface area contributed by atoms with Crippen molar-refractivity contribution < 1.29 is 32.2 Å². The quantitative estimate of drug-likeness (QED) is 0.309. The fraction of sp³-hybridized carbons (Fsp3) is 0.200. The molecule has 0 atom stereocenters. The fourth-order valence-corrected chi connectivity index (χ4v) is 4.72. The van der Waals surface area contributed by atoms with Gasteiger partial charge < -0.3 is 18.9 Å². The number of carbonyl (C=O) groups is 1. The molecule has 0 bridgehead atoms. The number of nitrogens with zero attached hydrogens (tertiary/aromatic N) is 2. The molecule has 0 fully saturated rings. The van der Waals surface area contributed by atoms with E-state index in [1.807, 2.05) is 0 Å². The van der Waals surface area contributed by atoms with Gasteiger partial charge in [0.05, 0.1) is 45.2 Å². The van der Waals surface area contributed by atoms with E-state index in [0.717, 1.165) is 4.31 Å². The van der Waals surface area contributed by atoms with E-state index in [-0.39, 0.29) is 16.3 Å². The molecule has 1 N–H and O–H groups in total. The lowest BCUT2D eigenvalue weighted by Crippen LogP contribution is -2.39. The minimum Gasteiger partial charge on any atom is -0.497 e. The molecule has 11 heteroatoms. The molecule has 3 aromatic rings. The topological polar surface area (TPSA) is 116 Å². The van der Waals surface area contributed by atoms with E-state index < -0.39 is 22.5 Å². The lowest BCUT2D eigenvalue weighted by atomic mass is 10.2. The molecule has 1 amide bonds. The van der Waals surface area contributed by atoms with Gasteiger partial charge in [0, 0.05) is 11.6 Å². The van der Waals surface area contributed by atoms with Gasteiger partial charge in [-0.15, -0.1) is 0 Å². The van der Waals surface area contributed by atoms with E-state index in [0.29, 0.717) is 22.8 Å². The van der Waals surface area contributed by atoms with Gasteiger partial charge in [-0.05, 0) is 48.5 Å². The highest BCUT2D eigenvalue weighted by molar-refractivity contribution is 7.92. The number of para-hydroxylation sites is 1. The third-order valence-corrected chi connectivity index (χ3v) is 6.89. The number of anilines is 1. The average molecular weight is 514 g/mol. The monoisotopic (exact) mass is 513 g/mol. The lowest BCUT2D eigenvalue weighted by Gasteiger charge is -2.24. The van der Waals surface area contributed by atoms with Crippen molar-refractivity contribution in [3.8, 4) is 23.0 Å². The minimum atomic E-state index is -4.19. The number of carbonyl (C=O) groups excluding carboxylic acids is 1. The molecule has 190 valence electrons. The first kappa shape index (κ1) is 26.4. The van der Waals surface area contributed by atoms with Crippen LogP contribution in [0.15, 0.2) is 76.7 Å². The largest absolute Gasteiger partial charge is 0.497 e. The summed E-state index contributed by atoms with van der Waals surface area (Å²) >= 11 is 0. The summed E-state index contributed by atoms with van der Waals surface area (Å²) in [5, 5.41) is 3.95. The van der Waals surface area contributed by atoms with Crippen molar-refractivity contribution in [2.24, 2.45) is 5.10 Å². The molecule has 0 aliphatic carbocycles. The number of hydrogen-bond donors (Lipinski definition) is 1. The molecule has 36 heavy (non-hydrogen) atoms. The van der Waals surface area contributed by atoms with Crippen LogP contribution in [0.5, 0.6) is 23.0 Å². The Hall–Kier alpha value is -4.25. The molecule has 3 aromatic carbocycles. The van der Waals surface area contributed by atoms with E-state index in [4.69, 9.17) is 18.9 Å². The summed E-state index contributed by atoms with van der Waals surface area (Å²) in [6.45, 7) is -0.535. The highest BCUT2D eigenvalue weighted by Crippen LogP contribution is 2.32. The molecule has 0 heterocycles. The maximum absolute atomic E-state index is 13.6. The van der Waals surface area contributed by atoms with Crippen LogP contribution in [-0.2, 0) is 14.8 Å². The molecular formula is C25H27N3O7S. The second-order valence-corrected chi connectivity index (χ2v) is 9.12. The van der Waals surface area contributed by atoms with Gasteiger partial charge in [0.15, 0.2) is 11.5 Å². The van der Waals surface area contributed by atoms with Crippen molar-refractivity contribution >= 4 is 27.8 Å². The Bertz CT molecular complexity index is 1330. The third-order valence-electron chi connectivity index (χ3n) is 5.12. The first-order valence-electron chi connectivity index (χ1n) is 10.7. The molecule has 0 spiro atoms. The highest BCUT2D eigenvalue weighted by atomic mass is 32.2. The highest BCUT2D eigenvalue weighted by Gasteiger charge is 2.28. The number of ether oxygens (including phenoxy) is 4. The maximum Gasteiger partial charge on any atom is 0.264 e. The zero-order valence-electron chi connectivity index (χ0n) is 20.3. The van der Waals surface area contributed by atoms with Crippen LogP contribution >= 0.6 is 0 Å². The van der Waals surface area contributed by atoms with Crippen molar-refractivity contribution in [1.29, 1.82) is 0 Å². The van der Waals surface area contributed by atoms with Gasteiger partial charge in [-0.25, -0.2) is 13.8 Å². The van der Waals surface area contributed by atoms with Gasteiger partial charge in [-0.3, -0.25) is 9.10 Å². The summed E-state index contributed by atoms with van der Waals surface area (Å²) in [6, 6.07) is 17.6. The molecular weight excluding hydrogens is 486 g/mol. The van der Waals surface area contributed by atoms with Crippen molar-refractivity contribution in [2.45, 2.75) is 4.90 Å². The molecule has 0 saturated carbocycles. The Labute approximate surface area is 210 Å². The fourth-order valence-electron chi connectivity index (χ4n) is 3.28. The van der Waals surface area contributed by atoms with Crippen LogP contribution in [-0.4, -0.2) is 55.5 Å². The van der Waals surface area contributed by atoms with Crippen molar-refractivity contribution in [3.05, 3.63) is 72.3 Å². The smallest absolute Gasteiger partial charge is 0.264 e. The Morgan fingerprint density at radius 2 is 1.53 bits per heavy atom. The van der Waals surface area contributed by atoms with Gasteiger partial charge in [0.2, 0.25) is 0 Å². The van der Waals surface area contributed by atoms with Crippen LogP contribution in [0.25, 0.3) is 0 Å². The second kappa shape index (κ2) is 11.9. The summed E-state index contributed by atoms with van der Waals surface area (Å²) in [6.07, 6.45) is 1.41. The van der Waals surface area contributed by atoms with E-state index in [9.17, 15) is 13.2 Å². The van der Waals surface area contributed by atoms with Crippen LogP contribution in [0.1, 0.15) is 5.56 Å². The molecule has 0 unspecified atom stereocenters. The van der Waals surface area contributed by atoms with E-state index in [1.54, 1.807) is 48.5 Å². The van der Waals surface area contributed by atoms with Crippen LogP contribution in [0.4, 0.5) is 5.69 Å². The molecule has 10 nitrogen and oxygen atoms in total. The van der Waals surface area contributed by atoms with E-state index >= 15 is 0 Å². The summed E-state index contributed by atoms with van der Waals surface area (Å²) in [7, 11) is 1.69. The van der Waals surface area contributed by atoms with Gasteiger partial charge in [-0.2, -0.15) is 5.10 Å². The number of hydrazone groups is 1. The number of amides is 1. The Balaban J connectivity index is 1.91. The van der Waals surface area contributed by atoms with Crippen molar-refractivity contribution in [1.82, 2.24) is 5.43 Å². The van der Waals surface area contributed by atoms with Crippen LogP contribution in [0, 0.1) is 0 Å². The zero-order chi connectivity index (χ0) is 26.1. The Morgan fingerprint density at radius 1 is 0.861 bits per heavy atom. The van der Waals surface area contributed by atoms with E-state index in [1.165, 1.54) is 52.9 Å².